The van der Waals surface area contributed by atoms with E-state index in [2.05, 4.69) is 46.2 Å². The second kappa shape index (κ2) is 11.2. The number of hydrogen-bond acceptors (Lipinski definition) is 6. The first kappa shape index (κ1) is 23.2. The van der Waals surface area contributed by atoms with Crippen LogP contribution < -0.4 is 22.7 Å². The fourth-order valence-corrected chi connectivity index (χ4v) is 3.71. The summed E-state index contributed by atoms with van der Waals surface area (Å²) in [5.41, 5.74) is 9.75. The van der Waals surface area contributed by atoms with Crippen molar-refractivity contribution < 1.29 is 4.39 Å². The molecular formula is C24H30FN7. The number of pyridine rings is 1. The molecule has 1 aliphatic rings. The Balaban J connectivity index is 1.80. The van der Waals surface area contributed by atoms with E-state index in [1.807, 2.05) is 6.07 Å². The summed E-state index contributed by atoms with van der Waals surface area (Å²) < 4.78 is 13.8. The summed E-state index contributed by atoms with van der Waals surface area (Å²) in [6.45, 7) is 5.65. The standard InChI is InChI=1S/C24H30FN7/c1-2-3-4-21(25)11-14-32(28)24(31-27)22-15-20(16-30-23(22)26)18-7-5-17(6-8-18)19-9-12-29-13-10-19/h2-8,11,15-16,19,29H,1,9-10,12-14,27-28H2,(H2,26,30)/b4-3-,21-11+,31-24-. The Morgan fingerprint density at radius 2 is 1.97 bits per heavy atom. The van der Waals surface area contributed by atoms with Gasteiger partial charge in [0.25, 0.3) is 0 Å². The van der Waals surface area contributed by atoms with Crippen LogP contribution in [0.15, 0.2) is 78.3 Å². The van der Waals surface area contributed by atoms with Gasteiger partial charge < -0.3 is 16.9 Å². The molecular weight excluding hydrogens is 405 g/mol. The highest BCUT2D eigenvalue weighted by Crippen LogP contribution is 2.28. The third-order valence-corrected chi connectivity index (χ3v) is 5.48. The number of nitrogen functional groups attached to an aromatic ring is 1. The van der Waals surface area contributed by atoms with Gasteiger partial charge in [-0.1, -0.05) is 43.0 Å². The largest absolute Gasteiger partial charge is 0.383 e. The quantitative estimate of drug-likeness (QED) is 0.174. The van der Waals surface area contributed by atoms with E-state index >= 15 is 0 Å². The molecule has 0 saturated carbocycles. The van der Waals surface area contributed by atoms with Crippen LogP contribution in [0.2, 0.25) is 0 Å². The van der Waals surface area contributed by atoms with Gasteiger partial charge in [0.2, 0.25) is 0 Å². The van der Waals surface area contributed by atoms with Gasteiger partial charge in [0.05, 0.1) is 12.1 Å². The summed E-state index contributed by atoms with van der Waals surface area (Å²) in [4.78, 5) is 4.29. The van der Waals surface area contributed by atoms with E-state index in [0.717, 1.165) is 37.1 Å². The summed E-state index contributed by atoms with van der Waals surface area (Å²) >= 11 is 0. The van der Waals surface area contributed by atoms with Crippen LogP contribution in [0.4, 0.5) is 10.2 Å². The van der Waals surface area contributed by atoms with Crippen LogP contribution in [0.1, 0.15) is 29.9 Å². The smallest absolute Gasteiger partial charge is 0.173 e. The maximum atomic E-state index is 13.8. The van der Waals surface area contributed by atoms with Crippen molar-refractivity contribution in [2.75, 3.05) is 25.4 Å². The number of benzene rings is 1. The topological polar surface area (TPSA) is 119 Å². The molecule has 2 aromatic rings. The summed E-state index contributed by atoms with van der Waals surface area (Å²) in [5, 5.41) is 8.39. The number of amidine groups is 1. The van der Waals surface area contributed by atoms with Crippen molar-refractivity contribution in [3.8, 4) is 11.1 Å². The van der Waals surface area contributed by atoms with Crippen molar-refractivity contribution in [2.24, 2.45) is 16.8 Å². The average molecular weight is 436 g/mol. The van der Waals surface area contributed by atoms with E-state index in [0.29, 0.717) is 11.5 Å². The molecule has 0 atom stereocenters. The Labute approximate surface area is 188 Å². The van der Waals surface area contributed by atoms with Crippen molar-refractivity contribution in [2.45, 2.75) is 18.8 Å². The molecule has 1 aromatic heterocycles. The lowest BCUT2D eigenvalue weighted by molar-refractivity contribution is 0.460. The first-order valence-corrected chi connectivity index (χ1v) is 10.5. The molecule has 0 unspecified atom stereocenters. The molecule has 7 nitrogen and oxygen atoms in total. The third-order valence-electron chi connectivity index (χ3n) is 5.48. The SMILES string of the molecule is C=C/C=C\C(F)=C/CN(N)/C(=N\N)c1cc(-c2ccc(C3CCNCC3)cc2)cnc1N. The average Bonchev–Trinajstić information content (AvgIpc) is 2.83. The number of nitrogens with two attached hydrogens (primary N) is 3. The number of allylic oxidation sites excluding steroid dienone is 4. The lowest BCUT2D eigenvalue weighted by Crippen LogP contribution is -2.39. The Morgan fingerprint density at radius 3 is 2.62 bits per heavy atom. The third kappa shape index (κ3) is 5.81. The minimum atomic E-state index is -0.453. The van der Waals surface area contributed by atoms with Gasteiger partial charge in [-0.2, -0.15) is 5.10 Å². The van der Waals surface area contributed by atoms with Gasteiger partial charge in [-0.15, -0.1) is 0 Å². The number of nitrogens with one attached hydrogen (secondary N) is 1. The highest BCUT2D eigenvalue weighted by atomic mass is 19.1. The van der Waals surface area contributed by atoms with E-state index < -0.39 is 5.83 Å². The molecule has 0 aliphatic carbocycles. The Kier molecular flexibility index (Phi) is 8.13. The summed E-state index contributed by atoms with van der Waals surface area (Å²) in [7, 11) is 0. The minimum absolute atomic E-state index is 0.0396. The van der Waals surface area contributed by atoms with Gasteiger partial charge in [0.1, 0.15) is 11.6 Å². The van der Waals surface area contributed by atoms with Gasteiger partial charge in [-0.05, 0) is 61.2 Å². The Morgan fingerprint density at radius 1 is 1.25 bits per heavy atom. The monoisotopic (exact) mass is 435 g/mol. The van der Waals surface area contributed by atoms with Crippen LogP contribution in [-0.2, 0) is 0 Å². The predicted octanol–water partition coefficient (Wildman–Crippen LogP) is 3.19. The number of hydrazone groups is 1. The van der Waals surface area contributed by atoms with Crippen LogP contribution in [0.5, 0.6) is 0 Å². The van der Waals surface area contributed by atoms with E-state index in [4.69, 9.17) is 17.4 Å². The van der Waals surface area contributed by atoms with E-state index in [9.17, 15) is 4.39 Å². The molecule has 0 spiro atoms. The van der Waals surface area contributed by atoms with E-state index in [1.54, 1.807) is 6.20 Å². The molecule has 1 aromatic carbocycles. The van der Waals surface area contributed by atoms with Crippen molar-refractivity contribution >= 4 is 11.7 Å². The number of halogens is 1. The van der Waals surface area contributed by atoms with Gasteiger partial charge >= 0.3 is 0 Å². The first-order chi connectivity index (χ1) is 15.5. The lowest BCUT2D eigenvalue weighted by Gasteiger charge is -2.23. The fourth-order valence-electron chi connectivity index (χ4n) is 3.71. The zero-order chi connectivity index (χ0) is 22.9. The van der Waals surface area contributed by atoms with Crippen molar-refractivity contribution in [3.05, 3.63) is 84.4 Å². The highest BCUT2D eigenvalue weighted by molar-refractivity contribution is 6.02. The zero-order valence-electron chi connectivity index (χ0n) is 18.0. The fraction of sp³-hybridized carbons (Fsp3) is 0.250. The number of aromatic nitrogens is 1. The van der Waals surface area contributed by atoms with Crippen molar-refractivity contribution in [3.63, 3.8) is 0 Å². The van der Waals surface area contributed by atoms with Gasteiger partial charge in [0, 0.05) is 11.8 Å². The molecule has 1 saturated heterocycles. The molecule has 7 N–H and O–H groups in total. The second-order valence-corrected chi connectivity index (χ2v) is 7.59. The maximum absolute atomic E-state index is 13.8. The van der Waals surface area contributed by atoms with Crippen LogP contribution in [-0.4, -0.2) is 35.5 Å². The lowest BCUT2D eigenvalue weighted by atomic mass is 9.89. The molecule has 0 radical (unpaired) electrons. The second-order valence-electron chi connectivity index (χ2n) is 7.59. The maximum Gasteiger partial charge on any atom is 0.173 e. The number of piperidine rings is 1. The first-order valence-electron chi connectivity index (χ1n) is 10.5. The highest BCUT2D eigenvalue weighted by Gasteiger charge is 2.17. The summed E-state index contributed by atoms with van der Waals surface area (Å²) in [6, 6.07) is 10.3. The van der Waals surface area contributed by atoms with Gasteiger partial charge in [-0.25, -0.2) is 15.2 Å². The Hall–Kier alpha value is -3.49. The molecule has 8 heteroatoms. The van der Waals surface area contributed by atoms with Crippen LogP contribution in [0, 0.1) is 0 Å². The predicted molar refractivity (Wildman–Crippen MR) is 129 cm³/mol. The summed E-state index contributed by atoms with van der Waals surface area (Å²) in [6.07, 6.45) is 9.56. The minimum Gasteiger partial charge on any atom is -0.383 e. The molecule has 1 fully saturated rings. The van der Waals surface area contributed by atoms with E-state index in [-0.39, 0.29) is 18.2 Å². The normalized spacial score (nSPS) is 15.8. The molecule has 3 rings (SSSR count). The summed E-state index contributed by atoms with van der Waals surface area (Å²) in [5.74, 6) is 12.2. The van der Waals surface area contributed by atoms with Crippen molar-refractivity contribution in [1.29, 1.82) is 0 Å². The number of anilines is 1. The molecule has 0 amide bonds. The number of hydrogen-bond donors (Lipinski definition) is 4. The van der Waals surface area contributed by atoms with Gasteiger partial charge in [-0.3, -0.25) is 5.01 Å². The van der Waals surface area contributed by atoms with Crippen LogP contribution in [0.3, 0.4) is 0 Å². The number of nitrogens with zero attached hydrogens (tertiary/aromatic N) is 3. The molecule has 0 bridgehead atoms. The van der Waals surface area contributed by atoms with Crippen molar-refractivity contribution in [1.82, 2.24) is 15.3 Å². The van der Waals surface area contributed by atoms with Gasteiger partial charge in [0.15, 0.2) is 5.84 Å². The molecule has 1 aliphatic heterocycles. The van der Waals surface area contributed by atoms with Crippen LogP contribution >= 0.6 is 0 Å². The number of hydrazine groups is 1. The molecule has 168 valence electrons. The van der Waals surface area contributed by atoms with E-state index in [1.165, 1.54) is 34.9 Å². The van der Waals surface area contributed by atoms with Crippen LogP contribution in [0.25, 0.3) is 11.1 Å². The Bertz CT molecular complexity index is 1010. The number of rotatable bonds is 7. The molecule has 2 heterocycles. The zero-order valence-corrected chi connectivity index (χ0v) is 18.0. The molecule has 32 heavy (non-hydrogen) atoms.